The van der Waals surface area contributed by atoms with Crippen molar-refractivity contribution in [3.8, 4) is 0 Å². The van der Waals surface area contributed by atoms with Gasteiger partial charge in [-0.2, -0.15) is 0 Å². The third kappa shape index (κ3) is 2.44. The van der Waals surface area contributed by atoms with Crippen LogP contribution in [0.15, 0.2) is 17.0 Å². The zero-order valence-corrected chi connectivity index (χ0v) is 14.3. The van der Waals surface area contributed by atoms with E-state index in [1.807, 2.05) is 32.6 Å². The van der Waals surface area contributed by atoms with E-state index in [0.717, 1.165) is 36.2 Å². The van der Waals surface area contributed by atoms with Gasteiger partial charge in [0.25, 0.3) is 0 Å². The molecule has 120 valence electrons. The van der Waals surface area contributed by atoms with Crippen LogP contribution in [0.5, 0.6) is 0 Å². The molecule has 0 saturated heterocycles. The minimum absolute atomic E-state index is 0.0780. The number of carbonyl (C=O) groups excluding carboxylic acids is 1. The van der Waals surface area contributed by atoms with E-state index in [1.54, 1.807) is 12.1 Å². The summed E-state index contributed by atoms with van der Waals surface area (Å²) >= 11 is 0. The first-order valence-electron chi connectivity index (χ1n) is 7.62. The standard InChI is InChI=1S/C16H22N2O3S/c1-10-13-9-12(22(20,21)17-16(2,3)4)8-11-6-5-7-18(14(11)13)15(10)19/h8-10,17H,5-7H2,1-4H3/t10-/m0/s1. The fourth-order valence-electron chi connectivity index (χ4n) is 3.28. The number of aryl methyl sites for hydroxylation is 1. The molecule has 2 heterocycles. The van der Waals surface area contributed by atoms with Gasteiger partial charge in [0, 0.05) is 12.1 Å². The average molecular weight is 322 g/mol. The zero-order valence-electron chi connectivity index (χ0n) is 13.4. The fourth-order valence-corrected chi connectivity index (χ4v) is 4.79. The van der Waals surface area contributed by atoms with Gasteiger partial charge in [-0.1, -0.05) is 0 Å². The van der Waals surface area contributed by atoms with Crippen molar-refractivity contribution in [1.29, 1.82) is 0 Å². The number of anilines is 1. The highest BCUT2D eigenvalue weighted by molar-refractivity contribution is 7.89. The average Bonchev–Trinajstić information content (AvgIpc) is 2.63. The smallest absolute Gasteiger partial charge is 0.241 e. The Kier molecular flexibility index (Phi) is 3.38. The van der Waals surface area contributed by atoms with Crippen molar-refractivity contribution in [2.45, 2.75) is 56.9 Å². The van der Waals surface area contributed by atoms with Gasteiger partial charge in [0.1, 0.15) is 0 Å². The molecule has 0 bridgehead atoms. The summed E-state index contributed by atoms with van der Waals surface area (Å²) in [5, 5.41) is 0. The van der Waals surface area contributed by atoms with Crippen LogP contribution in [-0.2, 0) is 21.2 Å². The van der Waals surface area contributed by atoms with Crippen LogP contribution in [0.2, 0.25) is 0 Å². The number of rotatable bonds is 2. The molecule has 0 fully saturated rings. The van der Waals surface area contributed by atoms with Crippen molar-refractivity contribution < 1.29 is 13.2 Å². The van der Waals surface area contributed by atoms with E-state index in [2.05, 4.69) is 4.72 Å². The van der Waals surface area contributed by atoms with Crippen molar-refractivity contribution in [3.63, 3.8) is 0 Å². The predicted octanol–water partition coefficient (Wildman–Crippen LogP) is 2.16. The number of carbonyl (C=O) groups is 1. The first-order chi connectivity index (χ1) is 10.1. The second-order valence-corrected chi connectivity index (χ2v) is 8.87. The largest absolute Gasteiger partial charge is 0.311 e. The Hall–Kier alpha value is -1.40. The molecule has 0 saturated carbocycles. The van der Waals surface area contributed by atoms with E-state index in [1.165, 1.54) is 0 Å². The zero-order chi connectivity index (χ0) is 16.3. The molecule has 1 N–H and O–H groups in total. The number of hydrogen-bond acceptors (Lipinski definition) is 3. The first-order valence-corrected chi connectivity index (χ1v) is 9.11. The molecule has 22 heavy (non-hydrogen) atoms. The third-order valence-corrected chi connectivity index (χ3v) is 5.88. The molecule has 1 aromatic rings. The molecule has 5 nitrogen and oxygen atoms in total. The second kappa shape index (κ2) is 4.80. The molecule has 1 aromatic carbocycles. The van der Waals surface area contributed by atoms with Crippen molar-refractivity contribution in [1.82, 2.24) is 4.72 Å². The normalized spacial score (nSPS) is 21.2. The quantitative estimate of drug-likeness (QED) is 0.907. The molecule has 0 spiro atoms. The maximum Gasteiger partial charge on any atom is 0.241 e. The van der Waals surface area contributed by atoms with Crippen LogP contribution < -0.4 is 9.62 Å². The molecule has 0 radical (unpaired) electrons. The van der Waals surface area contributed by atoms with Crippen LogP contribution in [0.1, 0.15) is 51.2 Å². The van der Waals surface area contributed by atoms with Crippen molar-refractivity contribution >= 4 is 21.6 Å². The minimum Gasteiger partial charge on any atom is -0.311 e. The number of nitrogens with zero attached hydrogens (tertiary/aromatic N) is 1. The molecule has 6 heteroatoms. The summed E-state index contributed by atoms with van der Waals surface area (Å²) < 4.78 is 27.9. The summed E-state index contributed by atoms with van der Waals surface area (Å²) in [5.74, 6) is -0.189. The number of hydrogen-bond donors (Lipinski definition) is 1. The van der Waals surface area contributed by atoms with Crippen LogP contribution in [-0.4, -0.2) is 26.4 Å². The third-order valence-electron chi connectivity index (χ3n) is 4.14. The first kappa shape index (κ1) is 15.5. The molecule has 0 aliphatic carbocycles. The Bertz CT molecular complexity index is 747. The Balaban J connectivity index is 2.13. The van der Waals surface area contributed by atoms with E-state index >= 15 is 0 Å². The lowest BCUT2D eigenvalue weighted by Gasteiger charge is -2.26. The monoisotopic (exact) mass is 322 g/mol. The van der Waals surface area contributed by atoms with Gasteiger partial charge in [-0.25, -0.2) is 13.1 Å². The van der Waals surface area contributed by atoms with E-state index < -0.39 is 15.6 Å². The van der Waals surface area contributed by atoms with Crippen LogP contribution >= 0.6 is 0 Å². The van der Waals surface area contributed by atoms with E-state index in [4.69, 9.17) is 0 Å². The molecule has 0 aromatic heterocycles. The van der Waals surface area contributed by atoms with Crippen LogP contribution in [0.4, 0.5) is 5.69 Å². The Morgan fingerprint density at radius 1 is 1.27 bits per heavy atom. The van der Waals surface area contributed by atoms with Gasteiger partial charge >= 0.3 is 0 Å². The fraction of sp³-hybridized carbons (Fsp3) is 0.562. The Morgan fingerprint density at radius 2 is 1.95 bits per heavy atom. The number of benzene rings is 1. The predicted molar refractivity (Wildman–Crippen MR) is 85.6 cm³/mol. The summed E-state index contributed by atoms with van der Waals surface area (Å²) in [6.45, 7) is 8.03. The summed E-state index contributed by atoms with van der Waals surface area (Å²) in [4.78, 5) is 14.4. The lowest BCUT2D eigenvalue weighted by molar-refractivity contribution is -0.119. The second-order valence-electron chi connectivity index (χ2n) is 7.19. The van der Waals surface area contributed by atoms with Gasteiger partial charge in [0.15, 0.2) is 0 Å². The van der Waals surface area contributed by atoms with Crippen LogP contribution in [0.3, 0.4) is 0 Å². The molecule has 3 rings (SSSR count). The molecule has 1 amide bonds. The maximum atomic E-state index is 12.6. The Labute approximate surface area is 131 Å². The van der Waals surface area contributed by atoms with Crippen LogP contribution in [0, 0.1) is 0 Å². The minimum atomic E-state index is -3.59. The highest BCUT2D eigenvalue weighted by atomic mass is 32.2. The molecular formula is C16H22N2O3S. The summed E-state index contributed by atoms with van der Waals surface area (Å²) in [7, 11) is -3.59. The molecule has 2 aliphatic heterocycles. The van der Waals surface area contributed by atoms with E-state index in [9.17, 15) is 13.2 Å². The summed E-state index contributed by atoms with van der Waals surface area (Å²) in [5.41, 5.74) is 2.22. The topological polar surface area (TPSA) is 66.5 Å². The van der Waals surface area contributed by atoms with Crippen molar-refractivity contribution in [3.05, 3.63) is 23.3 Å². The molecule has 2 aliphatic rings. The van der Waals surface area contributed by atoms with Gasteiger partial charge in [-0.15, -0.1) is 0 Å². The number of nitrogens with one attached hydrogen (secondary N) is 1. The van der Waals surface area contributed by atoms with Gasteiger partial charge in [0.2, 0.25) is 15.9 Å². The van der Waals surface area contributed by atoms with E-state index in [-0.39, 0.29) is 16.7 Å². The maximum absolute atomic E-state index is 12.6. The van der Waals surface area contributed by atoms with Gasteiger partial charge in [0.05, 0.1) is 16.5 Å². The summed E-state index contributed by atoms with van der Waals surface area (Å²) in [6.07, 6.45) is 1.69. The van der Waals surface area contributed by atoms with Crippen LogP contribution in [0.25, 0.3) is 0 Å². The van der Waals surface area contributed by atoms with Crippen molar-refractivity contribution in [2.24, 2.45) is 0 Å². The lowest BCUT2D eigenvalue weighted by Crippen LogP contribution is -2.40. The lowest BCUT2D eigenvalue weighted by atomic mass is 9.97. The molecule has 1 atom stereocenters. The van der Waals surface area contributed by atoms with Gasteiger partial charge < -0.3 is 4.90 Å². The number of sulfonamides is 1. The molecular weight excluding hydrogens is 300 g/mol. The van der Waals surface area contributed by atoms with Gasteiger partial charge in [-0.05, 0) is 63.8 Å². The summed E-state index contributed by atoms with van der Waals surface area (Å²) in [6, 6.07) is 3.39. The highest BCUT2D eigenvalue weighted by Gasteiger charge is 2.39. The Morgan fingerprint density at radius 3 is 2.59 bits per heavy atom. The van der Waals surface area contributed by atoms with Gasteiger partial charge in [-0.3, -0.25) is 4.79 Å². The van der Waals surface area contributed by atoms with E-state index in [0.29, 0.717) is 0 Å². The number of amides is 1. The van der Waals surface area contributed by atoms with Crippen molar-refractivity contribution in [2.75, 3.05) is 11.4 Å². The SMILES string of the molecule is C[C@@H]1C(=O)N2CCCc3cc(S(=O)(=O)NC(C)(C)C)cc1c32. The molecule has 0 unspecified atom stereocenters. The highest BCUT2D eigenvalue weighted by Crippen LogP contribution is 2.43.